The molecular weight excluding hydrogens is 689 g/mol. The molecule has 0 heterocycles. The molecule has 0 aliphatic heterocycles. The molecule has 0 bridgehead atoms. The van der Waals surface area contributed by atoms with Crippen molar-refractivity contribution >= 4 is 11.9 Å². The Kier molecular flexibility index (Phi) is 40.2. The Hall–Kier alpha value is -1.96. The van der Waals surface area contributed by atoms with Gasteiger partial charge in [-0.15, -0.1) is 0 Å². The van der Waals surface area contributed by atoms with Crippen LogP contribution in [0.1, 0.15) is 220 Å². The Labute approximate surface area is 339 Å². The van der Waals surface area contributed by atoms with Crippen molar-refractivity contribution < 1.29 is 34.4 Å². The van der Waals surface area contributed by atoms with Gasteiger partial charge in [0.2, 0.25) is 0 Å². The van der Waals surface area contributed by atoms with E-state index < -0.39 is 30.9 Å². The molecule has 0 saturated heterocycles. The molecule has 0 fully saturated rings. The molecule has 0 aliphatic carbocycles. The average Bonchev–Trinajstić information content (AvgIpc) is 3.18. The lowest BCUT2D eigenvalue weighted by molar-refractivity contribution is -0.161. The second-order valence-corrected chi connectivity index (χ2v) is 16.0. The van der Waals surface area contributed by atoms with Gasteiger partial charge in [0.1, 0.15) is 6.61 Å². The Morgan fingerprint density at radius 2 is 1.04 bits per heavy atom. The maximum absolute atomic E-state index is 12.2. The smallest absolute Gasteiger partial charge is 0.306 e. The summed E-state index contributed by atoms with van der Waals surface area (Å²) in [6, 6.07) is 0. The largest absolute Gasteiger partial charge is 0.462 e. The molecule has 0 rings (SSSR count). The summed E-state index contributed by atoms with van der Waals surface area (Å²) in [6.45, 7) is 6.27. The van der Waals surface area contributed by atoms with E-state index in [0.717, 1.165) is 44.4 Å². The van der Waals surface area contributed by atoms with E-state index in [0.29, 0.717) is 19.3 Å². The van der Waals surface area contributed by atoms with E-state index in [1.165, 1.54) is 128 Å². The van der Waals surface area contributed by atoms with Crippen molar-refractivity contribution in [2.24, 2.45) is 5.92 Å². The first kappa shape index (κ1) is 53.0. The van der Waals surface area contributed by atoms with Crippen LogP contribution in [0.2, 0.25) is 0 Å². The summed E-state index contributed by atoms with van der Waals surface area (Å²) in [5, 5.41) is 30.1. The maximum atomic E-state index is 12.2. The van der Waals surface area contributed by atoms with Gasteiger partial charge in [-0.25, -0.2) is 0 Å². The third-order valence-corrected chi connectivity index (χ3v) is 10.7. The highest BCUT2D eigenvalue weighted by Crippen LogP contribution is 2.17. The third kappa shape index (κ3) is 38.7. The summed E-state index contributed by atoms with van der Waals surface area (Å²) >= 11 is 0. The van der Waals surface area contributed by atoms with Crippen LogP contribution in [-0.4, -0.2) is 58.8 Å². The summed E-state index contributed by atoms with van der Waals surface area (Å²) < 4.78 is 10.5. The number of carbonyl (C=O) groups is 2. The number of aliphatic hydroxyl groups is 3. The summed E-state index contributed by atoms with van der Waals surface area (Å²) in [5.41, 5.74) is 0. The standard InChI is InChI=1S/C48H88O7/c1-4-6-7-8-9-10-11-21-24-27-30-33-37-45(50)46(51)38-35-40-47(52)54-42-44(41-49)55-48(53)39-34-31-28-25-22-19-17-15-13-12-14-16-18-20-23-26-29-32-36-43(3)5-2/h9-10,21,24,30,33,43-46,49-51H,4-8,11-20,22-23,25-29,31-32,34-42H2,1-3H3/b10-9-,24-21-,33-30-/t43?,44-,45?,46?/m0/s1. The predicted molar refractivity (Wildman–Crippen MR) is 231 cm³/mol. The highest BCUT2D eigenvalue weighted by atomic mass is 16.6. The molecular formula is C48H88O7. The number of allylic oxidation sites excluding steroid dienone is 5. The molecule has 0 aromatic rings. The number of ether oxygens (including phenoxy) is 2. The van der Waals surface area contributed by atoms with Crippen molar-refractivity contribution in [2.45, 2.75) is 238 Å². The van der Waals surface area contributed by atoms with Crippen LogP contribution in [0.25, 0.3) is 0 Å². The molecule has 0 aromatic heterocycles. The van der Waals surface area contributed by atoms with Gasteiger partial charge in [0.25, 0.3) is 0 Å². The zero-order valence-electron chi connectivity index (χ0n) is 36.1. The number of carbonyl (C=O) groups excluding carboxylic acids is 2. The first-order valence-corrected chi connectivity index (χ1v) is 23.1. The highest BCUT2D eigenvalue weighted by molar-refractivity contribution is 5.70. The van der Waals surface area contributed by atoms with Crippen LogP contribution in [-0.2, 0) is 19.1 Å². The van der Waals surface area contributed by atoms with Gasteiger partial charge >= 0.3 is 11.9 Å². The zero-order valence-corrected chi connectivity index (χ0v) is 36.1. The molecule has 3 unspecified atom stereocenters. The summed E-state index contributed by atoms with van der Waals surface area (Å²) in [6.07, 6.45) is 43.9. The van der Waals surface area contributed by atoms with Crippen molar-refractivity contribution in [3.05, 3.63) is 36.5 Å². The van der Waals surface area contributed by atoms with Gasteiger partial charge in [-0.05, 0) is 57.3 Å². The second-order valence-electron chi connectivity index (χ2n) is 16.0. The van der Waals surface area contributed by atoms with Gasteiger partial charge in [0.05, 0.1) is 18.8 Å². The van der Waals surface area contributed by atoms with Crippen molar-refractivity contribution in [3.63, 3.8) is 0 Å². The van der Waals surface area contributed by atoms with Crippen LogP contribution in [0.15, 0.2) is 36.5 Å². The molecule has 0 saturated carbocycles. The predicted octanol–water partition coefficient (Wildman–Crippen LogP) is 12.6. The zero-order chi connectivity index (χ0) is 40.5. The number of unbranched alkanes of at least 4 members (excludes halogenated alkanes) is 20. The van der Waals surface area contributed by atoms with Crippen LogP contribution in [0.5, 0.6) is 0 Å². The van der Waals surface area contributed by atoms with E-state index in [1.54, 1.807) is 0 Å². The van der Waals surface area contributed by atoms with Crippen LogP contribution in [0, 0.1) is 5.92 Å². The third-order valence-electron chi connectivity index (χ3n) is 10.7. The minimum Gasteiger partial charge on any atom is -0.462 e. The number of rotatable bonds is 41. The Balaban J connectivity index is 3.69. The van der Waals surface area contributed by atoms with Crippen molar-refractivity contribution in [2.75, 3.05) is 13.2 Å². The van der Waals surface area contributed by atoms with Crippen molar-refractivity contribution in [1.29, 1.82) is 0 Å². The van der Waals surface area contributed by atoms with Crippen LogP contribution < -0.4 is 0 Å². The van der Waals surface area contributed by atoms with Crippen molar-refractivity contribution in [1.82, 2.24) is 0 Å². The molecule has 3 N–H and O–H groups in total. The molecule has 55 heavy (non-hydrogen) atoms. The first-order chi connectivity index (χ1) is 26.8. The molecule has 7 nitrogen and oxygen atoms in total. The fraction of sp³-hybridized carbons (Fsp3) is 0.833. The number of hydrogen-bond acceptors (Lipinski definition) is 7. The number of hydrogen-bond donors (Lipinski definition) is 3. The highest BCUT2D eigenvalue weighted by Gasteiger charge is 2.18. The lowest BCUT2D eigenvalue weighted by atomic mass is 9.99. The van der Waals surface area contributed by atoms with Gasteiger partial charge in [0.15, 0.2) is 6.10 Å². The molecule has 0 aliphatic rings. The van der Waals surface area contributed by atoms with Gasteiger partial charge < -0.3 is 24.8 Å². The molecule has 0 spiro atoms. The fourth-order valence-corrected chi connectivity index (χ4v) is 6.63. The maximum Gasteiger partial charge on any atom is 0.306 e. The molecule has 0 amide bonds. The quantitative estimate of drug-likeness (QED) is 0.0322. The van der Waals surface area contributed by atoms with Crippen LogP contribution in [0.3, 0.4) is 0 Å². The minimum absolute atomic E-state index is 0.0720. The Morgan fingerprint density at radius 3 is 1.56 bits per heavy atom. The minimum atomic E-state index is -0.930. The van der Waals surface area contributed by atoms with Crippen molar-refractivity contribution in [3.8, 4) is 0 Å². The number of esters is 2. The van der Waals surface area contributed by atoms with Gasteiger partial charge in [0, 0.05) is 12.8 Å². The summed E-state index contributed by atoms with van der Waals surface area (Å²) in [7, 11) is 0. The summed E-state index contributed by atoms with van der Waals surface area (Å²) in [5.74, 6) is 0.0363. The topological polar surface area (TPSA) is 113 Å². The average molecular weight is 777 g/mol. The molecule has 0 radical (unpaired) electrons. The Morgan fingerprint density at radius 1 is 0.545 bits per heavy atom. The van der Waals surface area contributed by atoms with E-state index in [1.807, 2.05) is 12.2 Å². The SMILES string of the molecule is CCCCC/C=C\C/C=C\C/C=C\CC(O)C(O)CCCC(=O)OC[C@H](CO)OC(=O)CCCCCCCCCCCCCCCCCCCCC(C)CC. The fourth-order valence-electron chi connectivity index (χ4n) is 6.63. The molecule has 0 aromatic carbocycles. The first-order valence-electron chi connectivity index (χ1n) is 23.1. The van der Waals surface area contributed by atoms with E-state index in [-0.39, 0.29) is 25.4 Å². The van der Waals surface area contributed by atoms with Gasteiger partial charge in [-0.3, -0.25) is 9.59 Å². The van der Waals surface area contributed by atoms with Gasteiger partial charge in [-0.1, -0.05) is 192 Å². The monoisotopic (exact) mass is 777 g/mol. The Bertz CT molecular complexity index is 929. The molecule has 322 valence electrons. The van der Waals surface area contributed by atoms with Crippen LogP contribution >= 0.6 is 0 Å². The number of aliphatic hydroxyl groups excluding tert-OH is 3. The van der Waals surface area contributed by atoms with E-state index in [4.69, 9.17) is 9.47 Å². The summed E-state index contributed by atoms with van der Waals surface area (Å²) in [4.78, 5) is 24.4. The normalized spacial score (nSPS) is 14.2. The lowest BCUT2D eigenvalue weighted by Crippen LogP contribution is -2.28. The molecule has 7 heteroatoms. The van der Waals surface area contributed by atoms with E-state index >= 15 is 0 Å². The van der Waals surface area contributed by atoms with Gasteiger partial charge in [-0.2, -0.15) is 0 Å². The second kappa shape index (κ2) is 41.7. The van der Waals surface area contributed by atoms with E-state index in [2.05, 4.69) is 45.1 Å². The lowest BCUT2D eigenvalue weighted by Gasteiger charge is -2.17. The van der Waals surface area contributed by atoms with Crippen LogP contribution in [0.4, 0.5) is 0 Å². The molecule has 4 atom stereocenters. The van der Waals surface area contributed by atoms with E-state index in [9.17, 15) is 24.9 Å².